The van der Waals surface area contributed by atoms with Crippen molar-refractivity contribution in [2.75, 3.05) is 23.7 Å². The van der Waals surface area contributed by atoms with E-state index in [4.69, 9.17) is 4.74 Å². The van der Waals surface area contributed by atoms with Crippen LogP contribution in [0.2, 0.25) is 0 Å². The Hall–Kier alpha value is -2.87. The van der Waals surface area contributed by atoms with Crippen molar-refractivity contribution in [3.8, 4) is 5.75 Å². The van der Waals surface area contributed by atoms with E-state index in [0.717, 1.165) is 12.8 Å². The number of aromatic nitrogens is 2. The number of nitrogens with zero attached hydrogens (tertiary/aromatic N) is 2. The van der Waals surface area contributed by atoms with Crippen LogP contribution in [0.3, 0.4) is 0 Å². The Balaban J connectivity index is 1.96. The summed E-state index contributed by atoms with van der Waals surface area (Å²) < 4.78 is 33.2. The molecule has 2 N–H and O–H groups in total. The van der Waals surface area contributed by atoms with Gasteiger partial charge in [0.2, 0.25) is 0 Å². The Bertz CT molecular complexity index is 1020. The lowest BCUT2D eigenvalue weighted by Crippen LogP contribution is -2.17. The third kappa shape index (κ3) is 4.46. The maximum absolute atomic E-state index is 12.8. The number of rotatable bonds is 8. The smallest absolute Gasteiger partial charge is 0.263 e. The number of fused-ring (bicyclic) bond motifs is 1. The first kappa shape index (κ1) is 18.9. The highest BCUT2D eigenvalue weighted by atomic mass is 32.2. The molecule has 0 saturated heterocycles. The number of hydrogen-bond donors (Lipinski definition) is 2. The molecule has 0 saturated carbocycles. The first-order valence-electron chi connectivity index (χ1n) is 8.71. The van der Waals surface area contributed by atoms with Gasteiger partial charge in [-0.05, 0) is 42.8 Å². The molecule has 27 heavy (non-hydrogen) atoms. The minimum atomic E-state index is -3.81. The summed E-state index contributed by atoms with van der Waals surface area (Å²) in [6.07, 6.45) is 1.96. The second-order valence-corrected chi connectivity index (χ2v) is 7.65. The Morgan fingerprint density at radius 3 is 2.19 bits per heavy atom. The second kappa shape index (κ2) is 8.22. The zero-order valence-corrected chi connectivity index (χ0v) is 16.1. The minimum absolute atomic E-state index is 0.123. The van der Waals surface area contributed by atoms with Crippen molar-refractivity contribution in [2.24, 2.45) is 0 Å². The van der Waals surface area contributed by atoms with E-state index < -0.39 is 10.0 Å². The summed E-state index contributed by atoms with van der Waals surface area (Å²) in [5.74, 6) is 1.18. The first-order chi connectivity index (χ1) is 13.0. The van der Waals surface area contributed by atoms with Crippen LogP contribution in [0.5, 0.6) is 5.75 Å². The molecule has 0 aliphatic carbocycles. The van der Waals surface area contributed by atoms with Gasteiger partial charge in [0, 0.05) is 6.54 Å². The molecule has 2 aromatic carbocycles. The van der Waals surface area contributed by atoms with Crippen molar-refractivity contribution in [1.82, 2.24) is 9.97 Å². The van der Waals surface area contributed by atoms with Gasteiger partial charge in [-0.3, -0.25) is 4.72 Å². The Kier molecular flexibility index (Phi) is 5.75. The summed E-state index contributed by atoms with van der Waals surface area (Å²) in [6.45, 7) is 2.77. The van der Waals surface area contributed by atoms with Crippen LogP contribution in [0.25, 0.3) is 11.0 Å². The maximum Gasteiger partial charge on any atom is 0.263 e. The van der Waals surface area contributed by atoms with E-state index in [1.807, 2.05) is 18.2 Å². The third-order valence-electron chi connectivity index (χ3n) is 3.99. The second-order valence-electron chi connectivity index (χ2n) is 5.97. The van der Waals surface area contributed by atoms with Crippen LogP contribution in [-0.4, -0.2) is 32.0 Å². The molecule has 0 aliphatic heterocycles. The van der Waals surface area contributed by atoms with Gasteiger partial charge in [0.15, 0.2) is 11.6 Å². The number of sulfonamides is 1. The van der Waals surface area contributed by atoms with Gasteiger partial charge in [-0.15, -0.1) is 0 Å². The summed E-state index contributed by atoms with van der Waals surface area (Å²) in [4.78, 5) is 9.11. The van der Waals surface area contributed by atoms with E-state index in [2.05, 4.69) is 26.9 Å². The fourth-order valence-corrected chi connectivity index (χ4v) is 3.53. The van der Waals surface area contributed by atoms with Gasteiger partial charge in [0.25, 0.3) is 10.0 Å². The lowest BCUT2D eigenvalue weighted by Gasteiger charge is -2.14. The van der Waals surface area contributed by atoms with E-state index in [9.17, 15) is 8.42 Å². The van der Waals surface area contributed by atoms with Crippen molar-refractivity contribution in [1.29, 1.82) is 0 Å². The topological polar surface area (TPSA) is 93.2 Å². The molecular weight excluding hydrogens is 364 g/mol. The molecule has 3 aromatic rings. The Morgan fingerprint density at radius 1 is 0.963 bits per heavy atom. The zero-order valence-electron chi connectivity index (χ0n) is 15.3. The lowest BCUT2D eigenvalue weighted by atomic mass is 10.3. The van der Waals surface area contributed by atoms with Gasteiger partial charge in [-0.25, -0.2) is 18.4 Å². The SMILES string of the molecule is CCCCNc1nc2ccccc2nc1NS(=O)(=O)c1ccc(OC)cc1. The standard InChI is InChI=1S/C19H22N4O3S/c1-3-4-13-20-18-19(22-17-8-6-5-7-16(17)21-18)23-27(24,25)15-11-9-14(26-2)10-12-15/h5-12H,3-4,13H2,1-2H3,(H,20,21)(H,22,23). The van der Waals surface area contributed by atoms with Crippen molar-refractivity contribution >= 4 is 32.7 Å². The number of hydrogen-bond acceptors (Lipinski definition) is 6. The molecule has 3 rings (SSSR count). The normalized spacial score (nSPS) is 11.3. The van der Waals surface area contributed by atoms with E-state index in [1.54, 1.807) is 18.2 Å². The summed E-state index contributed by atoms with van der Waals surface area (Å²) >= 11 is 0. The quantitative estimate of drug-likeness (QED) is 0.574. The molecule has 0 unspecified atom stereocenters. The number of anilines is 2. The number of unbranched alkanes of at least 4 members (excludes halogenated alkanes) is 1. The molecule has 8 heteroatoms. The highest BCUT2D eigenvalue weighted by Crippen LogP contribution is 2.25. The fraction of sp³-hybridized carbons (Fsp3) is 0.263. The number of ether oxygens (including phenoxy) is 1. The molecule has 0 amide bonds. The fourth-order valence-electron chi connectivity index (χ4n) is 2.52. The summed E-state index contributed by atoms with van der Waals surface area (Å²) in [5.41, 5.74) is 1.31. The predicted octanol–water partition coefficient (Wildman–Crippen LogP) is 3.65. The van der Waals surface area contributed by atoms with Gasteiger partial charge in [-0.1, -0.05) is 25.5 Å². The molecule has 0 aliphatic rings. The molecule has 0 spiro atoms. The van der Waals surface area contributed by atoms with Crippen LogP contribution in [0.1, 0.15) is 19.8 Å². The molecule has 142 valence electrons. The van der Waals surface area contributed by atoms with Crippen LogP contribution in [0.15, 0.2) is 53.4 Å². The molecule has 0 bridgehead atoms. The molecule has 0 radical (unpaired) electrons. The number of methoxy groups -OCH3 is 1. The zero-order chi connectivity index (χ0) is 19.3. The minimum Gasteiger partial charge on any atom is -0.497 e. The van der Waals surface area contributed by atoms with Crippen molar-refractivity contribution in [2.45, 2.75) is 24.7 Å². The van der Waals surface area contributed by atoms with E-state index >= 15 is 0 Å². The monoisotopic (exact) mass is 386 g/mol. The van der Waals surface area contributed by atoms with Crippen molar-refractivity contribution < 1.29 is 13.2 Å². The molecule has 1 heterocycles. The number of benzene rings is 2. The molecule has 0 fully saturated rings. The third-order valence-corrected chi connectivity index (χ3v) is 5.35. The summed E-state index contributed by atoms with van der Waals surface area (Å²) in [7, 11) is -2.28. The van der Waals surface area contributed by atoms with Crippen molar-refractivity contribution in [3.63, 3.8) is 0 Å². The van der Waals surface area contributed by atoms with Crippen LogP contribution >= 0.6 is 0 Å². The Morgan fingerprint density at radius 2 is 1.59 bits per heavy atom. The van der Waals surface area contributed by atoms with E-state index in [-0.39, 0.29) is 10.7 Å². The first-order valence-corrected chi connectivity index (χ1v) is 10.2. The van der Waals surface area contributed by atoms with Crippen LogP contribution in [0, 0.1) is 0 Å². The van der Waals surface area contributed by atoms with Crippen LogP contribution in [0.4, 0.5) is 11.6 Å². The molecule has 7 nitrogen and oxygen atoms in total. The molecular formula is C19H22N4O3S. The van der Waals surface area contributed by atoms with Gasteiger partial charge in [0.1, 0.15) is 5.75 Å². The average molecular weight is 386 g/mol. The largest absolute Gasteiger partial charge is 0.497 e. The van der Waals surface area contributed by atoms with Crippen LogP contribution in [-0.2, 0) is 10.0 Å². The predicted molar refractivity (Wildman–Crippen MR) is 107 cm³/mol. The van der Waals surface area contributed by atoms with Crippen molar-refractivity contribution in [3.05, 3.63) is 48.5 Å². The Labute approximate surface area is 158 Å². The van der Waals surface area contributed by atoms with E-state index in [0.29, 0.717) is 29.1 Å². The maximum atomic E-state index is 12.8. The average Bonchev–Trinajstić information content (AvgIpc) is 2.68. The van der Waals surface area contributed by atoms with Gasteiger partial charge < -0.3 is 10.1 Å². The van der Waals surface area contributed by atoms with E-state index in [1.165, 1.54) is 19.2 Å². The highest BCUT2D eigenvalue weighted by Gasteiger charge is 2.18. The number of nitrogens with one attached hydrogen (secondary N) is 2. The summed E-state index contributed by atoms with van der Waals surface area (Å²) in [5, 5.41) is 3.18. The van der Waals surface area contributed by atoms with Gasteiger partial charge in [0.05, 0.1) is 23.0 Å². The van der Waals surface area contributed by atoms with Gasteiger partial charge in [-0.2, -0.15) is 0 Å². The van der Waals surface area contributed by atoms with Gasteiger partial charge >= 0.3 is 0 Å². The molecule has 1 aromatic heterocycles. The lowest BCUT2D eigenvalue weighted by molar-refractivity contribution is 0.414. The molecule has 0 atom stereocenters. The van der Waals surface area contributed by atoms with Crippen LogP contribution < -0.4 is 14.8 Å². The summed E-state index contributed by atoms with van der Waals surface area (Å²) in [6, 6.07) is 13.5. The number of para-hydroxylation sites is 2. The highest BCUT2D eigenvalue weighted by molar-refractivity contribution is 7.92.